The number of ether oxygens (including phenoxy) is 1. The first-order chi connectivity index (χ1) is 8.95. The number of halogens is 3. The second-order valence-electron chi connectivity index (χ2n) is 3.99. The van der Waals surface area contributed by atoms with Crippen molar-refractivity contribution in [3.8, 4) is 5.75 Å². The summed E-state index contributed by atoms with van der Waals surface area (Å²) < 4.78 is 43.7. The Morgan fingerprint density at radius 3 is 2.37 bits per heavy atom. The van der Waals surface area contributed by atoms with Gasteiger partial charge in [0.1, 0.15) is 0 Å². The van der Waals surface area contributed by atoms with Gasteiger partial charge in [-0.2, -0.15) is 0 Å². The van der Waals surface area contributed by atoms with Crippen molar-refractivity contribution in [2.45, 2.75) is 12.8 Å². The summed E-state index contributed by atoms with van der Waals surface area (Å²) in [5.41, 5.74) is 0.0443. The zero-order valence-corrected chi connectivity index (χ0v) is 12.3. The van der Waals surface area contributed by atoms with Crippen LogP contribution in [0, 0.1) is 6.07 Å². The molecule has 19 heavy (non-hydrogen) atoms. The van der Waals surface area contributed by atoms with Crippen molar-refractivity contribution in [3.63, 3.8) is 0 Å². The fourth-order valence-electron chi connectivity index (χ4n) is 1.51. The SMILES string of the molecule is FC(F)(F)c1ccc(COc2c[c]cc([AsH2])c2)cc1. The maximum atomic E-state index is 12.4. The molecule has 2 rings (SSSR count). The first-order valence-electron chi connectivity index (χ1n) is 5.51. The predicted octanol–water partition coefficient (Wildman–Crippen LogP) is 2.34. The van der Waals surface area contributed by atoms with Crippen molar-refractivity contribution in [1.29, 1.82) is 0 Å². The van der Waals surface area contributed by atoms with Crippen LogP contribution in [-0.4, -0.2) is 16.9 Å². The van der Waals surface area contributed by atoms with Crippen molar-refractivity contribution < 1.29 is 17.9 Å². The molecule has 2 aromatic rings. The summed E-state index contributed by atoms with van der Waals surface area (Å²) in [4.78, 5) is 0. The molecular weight excluding hydrogens is 316 g/mol. The minimum atomic E-state index is -4.30. The Labute approximate surface area is 117 Å². The van der Waals surface area contributed by atoms with Gasteiger partial charge >= 0.3 is 117 Å². The van der Waals surface area contributed by atoms with Crippen LogP contribution >= 0.6 is 0 Å². The van der Waals surface area contributed by atoms with Crippen LogP contribution < -0.4 is 9.09 Å². The second kappa shape index (κ2) is 5.70. The Balaban J connectivity index is 2.01. The average Bonchev–Trinajstić information content (AvgIpc) is 2.36. The molecule has 1 unspecified atom stereocenters. The Kier molecular flexibility index (Phi) is 4.20. The van der Waals surface area contributed by atoms with Gasteiger partial charge in [0.2, 0.25) is 0 Å². The van der Waals surface area contributed by atoms with Crippen molar-refractivity contribution in [2.75, 3.05) is 0 Å². The van der Waals surface area contributed by atoms with Crippen LogP contribution in [0.2, 0.25) is 0 Å². The van der Waals surface area contributed by atoms with Crippen LogP contribution in [0.15, 0.2) is 42.5 Å². The monoisotopic (exact) mass is 327 g/mol. The van der Waals surface area contributed by atoms with Crippen molar-refractivity contribution in [2.24, 2.45) is 0 Å². The van der Waals surface area contributed by atoms with E-state index in [4.69, 9.17) is 4.74 Å². The van der Waals surface area contributed by atoms with E-state index in [0.717, 1.165) is 16.5 Å². The molecule has 0 bridgehead atoms. The van der Waals surface area contributed by atoms with E-state index in [2.05, 4.69) is 6.07 Å². The molecule has 0 N–H and O–H groups in total. The molecule has 1 nitrogen and oxygen atoms in total. The Hall–Kier alpha value is -1.41. The molecule has 99 valence electrons. The topological polar surface area (TPSA) is 9.23 Å². The molecule has 1 radical (unpaired) electrons. The molecule has 0 amide bonds. The number of hydrogen-bond donors (Lipinski definition) is 0. The van der Waals surface area contributed by atoms with Gasteiger partial charge in [0.25, 0.3) is 0 Å². The van der Waals surface area contributed by atoms with E-state index in [9.17, 15) is 13.2 Å². The summed E-state index contributed by atoms with van der Waals surface area (Å²) in [6, 6.07) is 13.3. The first kappa shape index (κ1) is 14.0. The first-order valence-corrected chi connectivity index (χ1v) is 6.72. The van der Waals surface area contributed by atoms with Crippen LogP contribution in [0.25, 0.3) is 0 Å². The van der Waals surface area contributed by atoms with Gasteiger partial charge < -0.3 is 0 Å². The Bertz CT molecular complexity index is 549. The number of alkyl halides is 3. The van der Waals surface area contributed by atoms with Crippen LogP contribution in [0.5, 0.6) is 5.75 Å². The molecule has 0 heterocycles. The molecule has 5 heteroatoms. The number of hydrogen-bond acceptors (Lipinski definition) is 1. The van der Waals surface area contributed by atoms with Crippen LogP contribution in [0.1, 0.15) is 11.1 Å². The molecule has 0 aliphatic rings. The zero-order valence-electron chi connectivity index (χ0n) is 9.87. The van der Waals surface area contributed by atoms with Crippen LogP contribution in [0.4, 0.5) is 13.2 Å². The second-order valence-corrected chi connectivity index (χ2v) is 5.38. The summed E-state index contributed by atoms with van der Waals surface area (Å²) in [7, 11) is 0. The van der Waals surface area contributed by atoms with Gasteiger partial charge in [0, 0.05) is 0 Å². The molecule has 0 aliphatic carbocycles. The fourth-order valence-corrected chi connectivity index (χ4v) is 2.05. The molecule has 2 aromatic carbocycles. The molecule has 0 spiro atoms. The van der Waals surface area contributed by atoms with Gasteiger partial charge in [-0.25, -0.2) is 0 Å². The van der Waals surface area contributed by atoms with Gasteiger partial charge in [-0.1, -0.05) is 0 Å². The van der Waals surface area contributed by atoms with Crippen LogP contribution in [-0.2, 0) is 12.8 Å². The molecule has 0 fully saturated rings. The zero-order chi connectivity index (χ0) is 13.9. The van der Waals surface area contributed by atoms with E-state index in [1.807, 2.05) is 12.1 Å². The fraction of sp³-hybridized carbons (Fsp3) is 0.143. The Morgan fingerprint density at radius 1 is 1.11 bits per heavy atom. The third-order valence-corrected chi connectivity index (χ3v) is 3.17. The van der Waals surface area contributed by atoms with E-state index < -0.39 is 11.7 Å². The Morgan fingerprint density at radius 2 is 1.79 bits per heavy atom. The van der Waals surface area contributed by atoms with Crippen LogP contribution in [0.3, 0.4) is 0 Å². The molecule has 1 atom stereocenters. The van der Waals surface area contributed by atoms with E-state index in [1.165, 1.54) is 29.0 Å². The van der Waals surface area contributed by atoms with Gasteiger partial charge in [-0.3, -0.25) is 0 Å². The van der Waals surface area contributed by atoms with Gasteiger partial charge in [0.05, 0.1) is 0 Å². The van der Waals surface area contributed by atoms with Crippen molar-refractivity contribution in [3.05, 3.63) is 59.7 Å². The normalized spacial score (nSPS) is 11.4. The maximum absolute atomic E-state index is 12.4. The summed E-state index contributed by atoms with van der Waals surface area (Å²) >= 11 is 1.46. The summed E-state index contributed by atoms with van der Waals surface area (Å²) in [5, 5.41) is 0. The molecule has 0 saturated carbocycles. The number of rotatable bonds is 3. The molecule has 0 saturated heterocycles. The van der Waals surface area contributed by atoms with Crippen molar-refractivity contribution in [1.82, 2.24) is 0 Å². The summed E-state index contributed by atoms with van der Waals surface area (Å²) in [6.45, 7) is 0.239. The van der Waals surface area contributed by atoms with E-state index >= 15 is 0 Å². The minimum absolute atomic E-state index is 0.239. The van der Waals surface area contributed by atoms with E-state index in [-0.39, 0.29) is 6.61 Å². The number of benzene rings is 2. The van der Waals surface area contributed by atoms with Gasteiger partial charge in [-0.05, 0) is 0 Å². The third kappa shape index (κ3) is 4.03. The summed E-state index contributed by atoms with van der Waals surface area (Å²) in [6.07, 6.45) is -4.30. The third-order valence-electron chi connectivity index (χ3n) is 2.47. The predicted molar refractivity (Wildman–Crippen MR) is 69.2 cm³/mol. The van der Waals surface area contributed by atoms with Gasteiger partial charge in [0.15, 0.2) is 0 Å². The van der Waals surface area contributed by atoms with E-state index in [0.29, 0.717) is 11.3 Å². The molecule has 0 aliphatic heterocycles. The van der Waals surface area contributed by atoms with Crippen molar-refractivity contribution >= 4 is 21.2 Å². The molecular formula is C14H11AsF3O. The van der Waals surface area contributed by atoms with E-state index in [1.54, 1.807) is 6.07 Å². The quantitative estimate of drug-likeness (QED) is 0.787. The van der Waals surface area contributed by atoms with Gasteiger partial charge in [-0.15, -0.1) is 0 Å². The summed E-state index contributed by atoms with van der Waals surface area (Å²) in [5.74, 6) is 0.668. The molecule has 0 aromatic heterocycles. The average molecular weight is 327 g/mol. The standard InChI is InChI=1S/C14H11AsF3O/c15-12-2-1-3-13(8-12)19-9-10-4-6-11(7-5-10)14(16,17)18/h2-8H,9,15H2.